The van der Waals surface area contributed by atoms with Gasteiger partial charge in [-0.15, -0.1) is 0 Å². The Morgan fingerprint density at radius 1 is 0.966 bits per heavy atom. The van der Waals surface area contributed by atoms with E-state index >= 15 is 0 Å². The quantitative estimate of drug-likeness (QED) is 0.501. The minimum atomic E-state index is -3.88. The summed E-state index contributed by atoms with van der Waals surface area (Å²) < 4.78 is 34.3. The minimum Gasteiger partial charge on any atom is -0.485 e. The van der Waals surface area contributed by atoms with E-state index in [0.717, 1.165) is 11.1 Å². The van der Waals surface area contributed by atoms with Crippen LogP contribution in [0.4, 0.5) is 5.69 Å². The molecule has 0 fully saturated rings. The van der Waals surface area contributed by atoms with Gasteiger partial charge >= 0.3 is 0 Å². The summed E-state index contributed by atoms with van der Waals surface area (Å²) in [4.78, 5) is 0.197. The summed E-state index contributed by atoms with van der Waals surface area (Å²) in [7, 11) is -3.88. The second kappa shape index (κ2) is 7.75. The van der Waals surface area contributed by atoms with E-state index in [1.165, 1.54) is 4.31 Å². The number of hydrogen-bond acceptors (Lipinski definition) is 3. The third-order valence-corrected chi connectivity index (χ3v) is 6.77. The van der Waals surface area contributed by atoms with Gasteiger partial charge in [-0.25, -0.2) is 12.7 Å². The number of sulfonamides is 1. The molecular formula is C22H17Cl2NO3S. The fraction of sp³-hybridized carbons (Fsp3) is 0.0909. The zero-order valence-corrected chi connectivity index (χ0v) is 17.8. The van der Waals surface area contributed by atoms with Gasteiger partial charge in [0.2, 0.25) is 0 Å². The maximum absolute atomic E-state index is 13.6. The molecule has 0 N–H and O–H groups in total. The highest BCUT2D eigenvalue weighted by Crippen LogP contribution is 2.41. The largest absolute Gasteiger partial charge is 0.485 e. The first-order chi connectivity index (χ1) is 13.8. The topological polar surface area (TPSA) is 46.6 Å². The van der Waals surface area contributed by atoms with Crippen LogP contribution in [0, 0.1) is 6.92 Å². The summed E-state index contributed by atoms with van der Waals surface area (Å²) in [6.45, 7) is 1.98. The number of fused-ring (bicyclic) bond motifs is 1. The van der Waals surface area contributed by atoms with E-state index in [0.29, 0.717) is 27.2 Å². The van der Waals surface area contributed by atoms with Gasteiger partial charge in [0.1, 0.15) is 12.4 Å². The molecule has 0 radical (unpaired) electrons. The smallest absolute Gasteiger partial charge is 0.268 e. The highest BCUT2D eigenvalue weighted by Gasteiger charge is 2.34. The van der Waals surface area contributed by atoms with E-state index in [2.05, 4.69) is 0 Å². The van der Waals surface area contributed by atoms with Crippen LogP contribution in [-0.2, 0) is 10.0 Å². The second-order valence-corrected chi connectivity index (χ2v) is 9.33. The summed E-state index contributed by atoms with van der Waals surface area (Å²) in [5.41, 5.74) is 2.64. The predicted molar refractivity (Wildman–Crippen MR) is 117 cm³/mol. The van der Waals surface area contributed by atoms with Crippen molar-refractivity contribution in [3.63, 3.8) is 0 Å². The van der Waals surface area contributed by atoms with Gasteiger partial charge < -0.3 is 4.74 Å². The lowest BCUT2D eigenvalue weighted by Gasteiger charge is -2.33. The molecule has 0 aliphatic carbocycles. The number of aryl methyl sites for hydroxylation is 1. The van der Waals surface area contributed by atoms with Crippen LogP contribution < -0.4 is 9.04 Å². The van der Waals surface area contributed by atoms with Crippen LogP contribution in [-0.4, -0.2) is 15.0 Å². The average Bonchev–Trinajstić information content (AvgIpc) is 2.68. The van der Waals surface area contributed by atoms with Crippen LogP contribution in [0.3, 0.4) is 0 Å². The van der Waals surface area contributed by atoms with Crippen molar-refractivity contribution in [1.29, 1.82) is 0 Å². The number of benzene rings is 3. The van der Waals surface area contributed by atoms with Crippen molar-refractivity contribution in [3.05, 3.63) is 93.6 Å². The standard InChI is InChI=1S/C22H17Cl2NO3S/c1-15-5-8-20(9-6-15)29(26,27)25-19(12-16-3-2-4-17(23)11-16)14-28-22-13-18(24)7-10-21(22)25/h2-13H,14H2,1H3. The Morgan fingerprint density at radius 2 is 1.69 bits per heavy atom. The predicted octanol–water partition coefficient (Wildman–Crippen LogP) is 5.93. The normalized spacial score (nSPS) is 15.1. The lowest BCUT2D eigenvalue weighted by molar-refractivity contribution is 0.342. The number of hydrogen-bond donors (Lipinski definition) is 0. The van der Waals surface area contributed by atoms with E-state index in [-0.39, 0.29) is 11.5 Å². The van der Waals surface area contributed by atoms with Crippen molar-refractivity contribution in [2.45, 2.75) is 11.8 Å². The van der Waals surface area contributed by atoms with Gasteiger partial charge in [-0.1, -0.05) is 53.0 Å². The van der Waals surface area contributed by atoms with E-state index in [4.69, 9.17) is 27.9 Å². The van der Waals surface area contributed by atoms with Crippen LogP contribution in [0.25, 0.3) is 6.08 Å². The number of halogens is 2. The molecule has 0 saturated heterocycles. The zero-order chi connectivity index (χ0) is 20.6. The summed E-state index contributed by atoms with van der Waals surface area (Å²) >= 11 is 12.2. The summed E-state index contributed by atoms with van der Waals surface area (Å²) in [6.07, 6.45) is 1.76. The van der Waals surface area contributed by atoms with Crippen molar-refractivity contribution in [1.82, 2.24) is 0 Å². The molecule has 4 nitrogen and oxygen atoms in total. The van der Waals surface area contributed by atoms with Gasteiger partial charge in [-0.2, -0.15) is 0 Å². The van der Waals surface area contributed by atoms with Crippen molar-refractivity contribution in [3.8, 4) is 5.75 Å². The molecule has 1 aliphatic rings. The van der Waals surface area contributed by atoms with Gasteiger partial charge in [-0.3, -0.25) is 0 Å². The third-order valence-electron chi connectivity index (χ3n) is 4.52. The molecule has 0 aromatic heterocycles. The van der Waals surface area contributed by atoms with E-state index in [1.807, 2.05) is 19.1 Å². The number of nitrogens with zero attached hydrogens (tertiary/aromatic N) is 1. The van der Waals surface area contributed by atoms with E-state index in [1.54, 1.807) is 60.7 Å². The van der Waals surface area contributed by atoms with Crippen LogP contribution in [0.5, 0.6) is 5.75 Å². The molecule has 0 bridgehead atoms. The molecular weight excluding hydrogens is 429 g/mol. The molecule has 0 amide bonds. The minimum absolute atomic E-state index is 0.0744. The van der Waals surface area contributed by atoms with Crippen molar-refractivity contribution < 1.29 is 13.2 Å². The number of anilines is 1. The fourth-order valence-electron chi connectivity index (χ4n) is 3.12. The van der Waals surface area contributed by atoms with Crippen molar-refractivity contribution in [2.75, 3.05) is 10.9 Å². The van der Waals surface area contributed by atoms with Crippen LogP contribution in [0.1, 0.15) is 11.1 Å². The summed E-state index contributed by atoms with van der Waals surface area (Å²) in [6, 6.07) is 18.9. The molecule has 4 rings (SSSR count). The van der Waals surface area contributed by atoms with Crippen molar-refractivity contribution in [2.24, 2.45) is 0 Å². The molecule has 0 spiro atoms. The highest BCUT2D eigenvalue weighted by atomic mass is 35.5. The lowest BCUT2D eigenvalue weighted by Crippen LogP contribution is -2.36. The summed E-state index contributed by atoms with van der Waals surface area (Å²) in [5.74, 6) is 0.413. The molecule has 0 saturated carbocycles. The highest BCUT2D eigenvalue weighted by molar-refractivity contribution is 7.93. The maximum atomic E-state index is 13.6. The van der Waals surface area contributed by atoms with Gasteiger partial charge in [0.15, 0.2) is 0 Å². The first-order valence-corrected chi connectivity index (χ1v) is 11.0. The van der Waals surface area contributed by atoms with Crippen LogP contribution >= 0.6 is 23.2 Å². The molecule has 148 valence electrons. The Morgan fingerprint density at radius 3 is 2.41 bits per heavy atom. The maximum Gasteiger partial charge on any atom is 0.268 e. The summed E-state index contributed by atoms with van der Waals surface area (Å²) in [5, 5.41) is 1.04. The molecule has 1 aliphatic heterocycles. The monoisotopic (exact) mass is 445 g/mol. The van der Waals surface area contributed by atoms with E-state index < -0.39 is 10.0 Å². The first-order valence-electron chi connectivity index (χ1n) is 8.85. The zero-order valence-electron chi connectivity index (χ0n) is 15.5. The molecule has 3 aromatic carbocycles. The molecule has 1 heterocycles. The molecule has 0 unspecified atom stereocenters. The lowest BCUT2D eigenvalue weighted by atomic mass is 10.1. The average molecular weight is 446 g/mol. The fourth-order valence-corrected chi connectivity index (χ4v) is 5.00. The van der Waals surface area contributed by atoms with Gasteiger partial charge in [0.25, 0.3) is 10.0 Å². The number of rotatable bonds is 3. The van der Waals surface area contributed by atoms with Crippen LogP contribution in [0.2, 0.25) is 10.0 Å². The molecule has 0 atom stereocenters. The number of ether oxygens (including phenoxy) is 1. The molecule has 3 aromatic rings. The molecule has 7 heteroatoms. The first kappa shape index (κ1) is 19.8. The van der Waals surface area contributed by atoms with Gasteiger partial charge in [0, 0.05) is 16.1 Å². The Hall–Kier alpha value is -2.47. The SMILES string of the molecule is Cc1ccc(S(=O)(=O)N2C(=Cc3cccc(Cl)c3)COc3cc(Cl)ccc32)cc1. The Kier molecular flexibility index (Phi) is 5.30. The Balaban J connectivity index is 1.90. The van der Waals surface area contributed by atoms with Crippen molar-refractivity contribution >= 4 is 45.0 Å². The van der Waals surface area contributed by atoms with Gasteiger partial charge in [0.05, 0.1) is 16.3 Å². The van der Waals surface area contributed by atoms with Crippen LogP contribution in [0.15, 0.2) is 77.3 Å². The van der Waals surface area contributed by atoms with Gasteiger partial charge in [-0.05, 0) is 55.0 Å². The Bertz CT molecular complexity index is 1200. The van der Waals surface area contributed by atoms with E-state index in [9.17, 15) is 8.42 Å². The molecule has 29 heavy (non-hydrogen) atoms. The third kappa shape index (κ3) is 3.99. The second-order valence-electron chi connectivity index (χ2n) is 6.67. The Labute approximate surface area is 180 Å².